The van der Waals surface area contributed by atoms with E-state index >= 15 is 0 Å². The first-order chi connectivity index (χ1) is 11.4. The van der Waals surface area contributed by atoms with E-state index in [0.717, 1.165) is 0 Å². The van der Waals surface area contributed by atoms with E-state index < -0.39 is 11.9 Å². The third-order valence-electron chi connectivity index (χ3n) is 2.89. The smallest absolute Gasteiger partial charge is 0.306 e. The molecule has 0 atom stereocenters. The third-order valence-corrected chi connectivity index (χ3v) is 3.09. The molecule has 0 aliphatic heterocycles. The predicted molar refractivity (Wildman–Crippen MR) is 92.9 cm³/mol. The first-order valence-electron chi connectivity index (χ1n) is 7.28. The highest BCUT2D eigenvalue weighted by molar-refractivity contribution is 7.80. The quantitative estimate of drug-likeness (QED) is 0.318. The molecule has 2 N–H and O–H groups in total. The standard InChI is InChI=1S/C16H20N2O5S/c1-11(19)12-4-3-5-13(10-12)17-16(24)18-14(20)6-7-15(21)23-9-8-22-2/h3-5,10H,6-9H2,1-2H3,(H2,17,18,20,24). The zero-order valence-electron chi connectivity index (χ0n) is 13.6. The maximum absolute atomic E-state index is 11.7. The van der Waals surface area contributed by atoms with Gasteiger partial charge in [-0.2, -0.15) is 0 Å². The second-order valence-electron chi connectivity index (χ2n) is 4.85. The predicted octanol–water partition coefficient (Wildman–Crippen LogP) is 1.67. The number of carbonyl (C=O) groups is 3. The van der Waals surface area contributed by atoms with Crippen LogP contribution >= 0.6 is 12.2 Å². The number of hydrogen-bond donors (Lipinski definition) is 2. The number of ether oxygens (including phenoxy) is 2. The number of esters is 1. The lowest BCUT2D eigenvalue weighted by Crippen LogP contribution is -2.34. The fourth-order valence-electron chi connectivity index (χ4n) is 1.69. The van der Waals surface area contributed by atoms with E-state index in [-0.39, 0.29) is 30.3 Å². The van der Waals surface area contributed by atoms with Gasteiger partial charge in [-0.1, -0.05) is 12.1 Å². The molecule has 0 aromatic heterocycles. The van der Waals surface area contributed by atoms with Crippen molar-refractivity contribution in [1.29, 1.82) is 0 Å². The minimum absolute atomic E-state index is 0.0406. The van der Waals surface area contributed by atoms with E-state index in [0.29, 0.717) is 17.9 Å². The number of rotatable bonds is 8. The van der Waals surface area contributed by atoms with Gasteiger partial charge in [0, 0.05) is 24.8 Å². The molecule has 0 aliphatic rings. The van der Waals surface area contributed by atoms with Gasteiger partial charge in [-0.15, -0.1) is 0 Å². The van der Waals surface area contributed by atoms with Crippen LogP contribution in [0.1, 0.15) is 30.1 Å². The Bertz CT molecular complexity index is 618. The van der Waals surface area contributed by atoms with Gasteiger partial charge in [0.2, 0.25) is 5.91 Å². The number of hydrogen-bond acceptors (Lipinski definition) is 6. The molecule has 1 amide bonds. The van der Waals surface area contributed by atoms with Gasteiger partial charge in [-0.3, -0.25) is 14.4 Å². The largest absolute Gasteiger partial charge is 0.463 e. The number of methoxy groups -OCH3 is 1. The average Bonchev–Trinajstić information content (AvgIpc) is 2.53. The van der Waals surface area contributed by atoms with Crippen molar-refractivity contribution < 1.29 is 23.9 Å². The van der Waals surface area contributed by atoms with E-state index in [1.54, 1.807) is 24.3 Å². The summed E-state index contributed by atoms with van der Waals surface area (Å²) in [6.07, 6.45) is -0.0842. The fourth-order valence-corrected chi connectivity index (χ4v) is 1.93. The molecular formula is C16H20N2O5S. The SMILES string of the molecule is COCCOC(=O)CCC(=O)NC(=S)Nc1cccc(C(C)=O)c1. The molecular weight excluding hydrogens is 332 g/mol. The summed E-state index contributed by atoms with van der Waals surface area (Å²) in [5, 5.41) is 5.37. The van der Waals surface area contributed by atoms with Gasteiger partial charge in [-0.05, 0) is 31.3 Å². The Morgan fingerprint density at radius 1 is 1.17 bits per heavy atom. The number of Topliss-reactive ketones (excluding diaryl/α,β-unsaturated/α-hetero) is 1. The first-order valence-corrected chi connectivity index (χ1v) is 7.69. The Morgan fingerprint density at radius 2 is 1.92 bits per heavy atom. The number of benzene rings is 1. The lowest BCUT2D eigenvalue weighted by Gasteiger charge is -2.10. The normalized spacial score (nSPS) is 9.92. The number of thiocarbonyl (C=S) groups is 1. The van der Waals surface area contributed by atoms with Crippen LogP contribution in [0, 0.1) is 0 Å². The van der Waals surface area contributed by atoms with E-state index in [1.165, 1.54) is 14.0 Å². The molecule has 0 aliphatic carbocycles. The summed E-state index contributed by atoms with van der Waals surface area (Å²) in [6, 6.07) is 6.75. The molecule has 1 aromatic carbocycles. The second kappa shape index (κ2) is 10.5. The monoisotopic (exact) mass is 352 g/mol. The van der Waals surface area contributed by atoms with Gasteiger partial charge in [0.15, 0.2) is 10.9 Å². The number of ketones is 1. The van der Waals surface area contributed by atoms with Gasteiger partial charge < -0.3 is 20.1 Å². The summed E-state index contributed by atoms with van der Waals surface area (Å²) in [6.45, 7) is 1.93. The topological polar surface area (TPSA) is 93.7 Å². The van der Waals surface area contributed by atoms with Crippen molar-refractivity contribution in [2.45, 2.75) is 19.8 Å². The Hall–Kier alpha value is -2.32. The molecule has 130 valence electrons. The molecule has 0 bridgehead atoms. The highest BCUT2D eigenvalue weighted by Crippen LogP contribution is 2.11. The van der Waals surface area contributed by atoms with Crippen LogP contribution < -0.4 is 10.6 Å². The Balaban J connectivity index is 2.36. The van der Waals surface area contributed by atoms with E-state index in [4.69, 9.17) is 21.7 Å². The molecule has 0 saturated heterocycles. The van der Waals surface area contributed by atoms with Crippen LogP contribution in [-0.2, 0) is 19.1 Å². The first kappa shape index (κ1) is 19.7. The van der Waals surface area contributed by atoms with E-state index in [9.17, 15) is 14.4 Å². The van der Waals surface area contributed by atoms with Gasteiger partial charge in [0.05, 0.1) is 13.0 Å². The van der Waals surface area contributed by atoms with Crippen LogP contribution in [0.4, 0.5) is 5.69 Å². The minimum Gasteiger partial charge on any atom is -0.463 e. The molecule has 8 heteroatoms. The van der Waals surface area contributed by atoms with Crippen LogP contribution in [0.2, 0.25) is 0 Å². The van der Waals surface area contributed by atoms with E-state index in [1.807, 2.05) is 0 Å². The molecule has 0 heterocycles. The molecule has 0 spiro atoms. The highest BCUT2D eigenvalue weighted by Gasteiger charge is 2.10. The van der Waals surface area contributed by atoms with Crippen LogP contribution in [-0.4, -0.2) is 43.1 Å². The molecule has 0 radical (unpaired) electrons. The zero-order chi connectivity index (χ0) is 17.9. The molecule has 1 rings (SSSR count). The van der Waals surface area contributed by atoms with Crippen molar-refractivity contribution in [2.24, 2.45) is 0 Å². The third kappa shape index (κ3) is 7.80. The Labute approximate surface area is 145 Å². The number of amides is 1. The number of nitrogens with one attached hydrogen (secondary N) is 2. The maximum atomic E-state index is 11.7. The number of anilines is 1. The number of carbonyl (C=O) groups excluding carboxylic acids is 3. The van der Waals surface area contributed by atoms with Crippen LogP contribution in [0.3, 0.4) is 0 Å². The van der Waals surface area contributed by atoms with Crippen molar-refractivity contribution in [3.05, 3.63) is 29.8 Å². The summed E-state index contributed by atoms with van der Waals surface area (Å²) < 4.78 is 9.59. The van der Waals surface area contributed by atoms with Crippen molar-refractivity contribution in [1.82, 2.24) is 5.32 Å². The molecule has 0 unspecified atom stereocenters. The summed E-state index contributed by atoms with van der Waals surface area (Å²) >= 11 is 5.03. The minimum atomic E-state index is -0.477. The zero-order valence-corrected chi connectivity index (χ0v) is 14.4. The van der Waals surface area contributed by atoms with Gasteiger partial charge in [-0.25, -0.2) is 0 Å². The van der Waals surface area contributed by atoms with Crippen molar-refractivity contribution in [3.63, 3.8) is 0 Å². The van der Waals surface area contributed by atoms with Gasteiger partial charge in [0.25, 0.3) is 0 Å². The van der Waals surface area contributed by atoms with Crippen LogP contribution in [0.25, 0.3) is 0 Å². The van der Waals surface area contributed by atoms with Crippen LogP contribution in [0.15, 0.2) is 24.3 Å². The molecule has 24 heavy (non-hydrogen) atoms. The molecule has 7 nitrogen and oxygen atoms in total. The summed E-state index contributed by atoms with van der Waals surface area (Å²) in [4.78, 5) is 34.4. The maximum Gasteiger partial charge on any atom is 0.306 e. The lowest BCUT2D eigenvalue weighted by atomic mass is 10.1. The summed E-state index contributed by atoms with van der Waals surface area (Å²) in [5.41, 5.74) is 1.12. The average molecular weight is 352 g/mol. The lowest BCUT2D eigenvalue weighted by molar-refractivity contribution is -0.146. The van der Waals surface area contributed by atoms with Crippen LogP contribution in [0.5, 0.6) is 0 Å². The van der Waals surface area contributed by atoms with Gasteiger partial charge in [0.1, 0.15) is 6.61 Å². The Kier molecular flexibility index (Phi) is 8.59. The molecule has 1 aromatic rings. The van der Waals surface area contributed by atoms with Crippen molar-refractivity contribution >= 4 is 40.7 Å². The molecule has 0 fully saturated rings. The highest BCUT2D eigenvalue weighted by atomic mass is 32.1. The summed E-state index contributed by atoms with van der Waals surface area (Å²) in [7, 11) is 1.50. The fraction of sp³-hybridized carbons (Fsp3) is 0.375. The Morgan fingerprint density at radius 3 is 2.58 bits per heavy atom. The van der Waals surface area contributed by atoms with Crippen molar-refractivity contribution in [2.75, 3.05) is 25.6 Å². The van der Waals surface area contributed by atoms with Gasteiger partial charge >= 0.3 is 5.97 Å². The molecule has 0 saturated carbocycles. The van der Waals surface area contributed by atoms with Crippen molar-refractivity contribution in [3.8, 4) is 0 Å². The summed E-state index contributed by atoms with van der Waals surface area (Å²) in [5.74, 6) is -0.949. The van der Waals surface area contributed by atoms with E-state index in [2.05, 4.69) is 10.6 Å². The second-order valence-corrected chi connectivity index (χ2v) is 5.26.